The number of hydrogen-bond donors (Lipinski definition) is 2. The van der Waals surface area contributed by atoms with E-state index in [0.29, 0.717) is 13.1 Å². The minimum Gasteiger partial charge on any atom is -0.497 e. The fourth-order valence-electron chi connectivity index (χ4n) is 3.28. The van der Waals surface area contributed by atoms with Crippen molar-refractivity contribution in [3.8, 4) is 5.75 Å². The molecule has 0 bridgehead atoms. The number of urea groups is 1. The number of ether oxygens (including phenoxy) is 1. The van der Waals surface area contributed by atoms with Gasteiger partial charge in [-0.1, -0.05) is 18.2 Å². The van der Waals surface area contributed by atoms with Gasteiger partial charge in [-0.25, -0.2) is 4.79 Å². The van der Waals surface area contributed by atoms with Crippen LogP contribution in [0.25, 0.3) is 0 Å². The average Bonchev–Trinajstić information content (AvgIpc) is 2.75. The maximum absolute atomic E-state index is 12.8. The molecule has 2 N–H and O–H groups in total. The molecule has 1 aliphatic rings. The number of carbonyl (C=O) groups excluding carboxylic acids is 2. The predicted octanol–water partition coefficient (Wildman–Crippen LogP) is 3.99. The Morgan fingerprint density at radius 2 is 1.72 bits per heavy atom. The SMILES string of the molecule is COc1ccc(SC(C)C(=O)N2CCC(NC(=O)Nc3ccccc3)CC2)cc1. The summed E-state index contributed by atoms with van der Waals surface area (Å²) in [6.07, 6.45) is 1.52. The number of rotatable bonds is 6. The molecule has 154 valence electrons. The summed E-state index contributed by atoms with van der Waals surface area (Å²) in [6, 6.07) is 17.0. The second-order valence-electron chi connectivity index (χ2n) is 7.00. The molecular formula is C22H27N3O3S. The van der Waals surface area contributed by atoms with E-state index in [2.05, 4.69) is 10.6 Å². The van der Waals surface area contributed by atoms with Gasteiger partial charge in [0, 0.05) is 29.7 Å². The highest BCUT2D eigenvalue weighted by Gasteiger charge is 2.27. The maximum Gasteiger partial charge on any atom is 0.319 e. The molecule has 0 radical (unpaired) electrons. The number of hydrogen-bond acceptors (Lipinski definition) is 4. The third kappa shape index (κ3) is 6.15. The Kier molecular flexibility index (Phi) is 7.41. The van der Waals surface area contributed by atoms with E-state index in [1.165, 1.54) is 0 Å². The van der Waals surface area contributed by atoms with Crippen LogP contribution in [0.2, 0.25) is 0 Å². The van der Waals surface area contributed by atoms with Crippen LogP contribution < -0.4 is 15.4 Å². The standard InChI is InChI=1S/C22H27N3O3S/c1-16(29-20-10-8-19(28-2)9-11-20)21(26)25-14-12-18(13-15-25)24-22(27)23-17-6-4-3-5-7-17/h3-11,16,18H,12-15H2,1-2H3,(H2,23,24,27). The van der Waals surface area contributed by atoms with Gasteiger partial charge < -0.3 is 20.3 Å². The third-order valence-corrected chi connectivity index (χ3v) is 5.99. The van der Waals surface area contributed by atoms with Gasteiger partial charge in [0.15, 0.2) is 0 Å². The van der Waals surface area contributed by atoms with Crippen LogP contribution >= 0.6 is 11.8 Å². The number of thioether (sulfide) groups is 1. The Hall–Kier alpha value is -2.67. The van der Waals surface area contributed by atoms with Crippen molar-refractivity contribution in [2.24, 2.45) is 0 Å². The lowest BCUT2D eigenvalue weighted by atomic mass is 10.0. The van der Waals surface area contributed by atoms with E-state index < -0.39 is 0 Å². The minimum absolute atomic E-state index is 0.0762. The summed E-state index contributed by atoms with van der Waals surface area (Å²) in [7, 11) is 1.64. The Morgan fingerprint density at radius 3 is 2.34 bits per heavy atom. The van der Waals surface area contributed by atoms with Crippen LogP contribution in [0.4, 0.5) is 10.5 Å². The number of nitrogens with one attached hydrogen (secondary N) is 2. The Morgan fingerprint density at radius 1 is 1.07 bits per heavy atom. The van der Waals surface area contributed by atoms with Crippen molar-refractivity contribution < 1.29 is 14.3 Å². The van der Waals surface area contributed by atoms with E-state index in [1.54, 1.807) is 18.9 Å². The lowest BCUT2D eigenvalue weighted by molar-refractivity contribution is -0.131. The largest absolute Gasteiger partial charge is 0.497 e. The number of piperidine rings is 1. The van der Waals surface area contributed by atoms with Gasteiger partial charge in [0.25, 0.3) is 0 Å². The number of nitrogens with zero attached hydrogens (tertiary/aromatic N) is 1. The molecule has 29 heavy (non-hydrogen) atoms. The smallest absolute Gasteiger partial charge is 0.319 e. The summed E-state index contributed by atoms with van der Waals surface area (Å²) in [5.41, 5.74) is 0.766. The quantitative estimate of drug-likeness (QED) is 0.703. The minimum atomic E-state index is -0.204. The topological polar surface area (TPSA) is 70.7 Å². The van der Waals surface area contributed by atoms with Crippen LogP contribution in [0.5, 0.6) is 5.75 Å². The summed E-state index contributed by atoms with van der Waals surface area (Å²) in [6.45, 7) is 3.25. The van der Waals surface area contributed by atoms with Crippen molar-refractivity contribution in [2.75, 3.05) is 25.5 Å². The molecule has 2 aromatic carbocycles. The zero-order valence-electron chi connectivity index (χ0n) is 16.8. The van der Waals surface area contributed by atoms with Crippen molar-refractivity contribution in [1.82, 2.24) is 10.2 Å². The molecule has 1 fully saturated rings. The maximum atomic E-state index is 12.8. The van der Waals surface area contributed by atoms with Crippen molar-refractivity contribution in [3.63, 3.8) is 0 Å². The van der Waals surface area contributed by atoms with Gasteiger partial charge in [0.2, 0.25) is 5.91 Å². The van der Waals surface area contributed by atoms with Gasteiger partial charge >= 0.3 is 6.03 Å². The van der Waals surface area contributed by atoms with Gasteiger partial charge in [-0.05, 0) is 56.2 Å². The van der Waals surface area contributed by atoms with Crippen LogP contribution in [0.3, 0.4) is 0 Å². The summed E-state index contributed by atoms with van der Waals surface area (Å²) in [5.74, 6) is 0.942. The molecule has 3 amide bonds. The van der Waals surface area contributed by atoms with E-state index in [0.717, 1.165) is 29.2 Å². The van der Waals surface area contributed by atoms with E-state index in [9.17, 15) is 9.59 Å². The van der Waals surface area contributed by atoms with Gasteiger partial charge in [-0.2, -0.15) is 0 Å². The highest BCUT2D eigenvalue weighted by molar-refractivity contribution is 8.00. The number of anilines is 1. The molecule has 2 aromatic rings. The molecule has 0 spiro atoms. The molecule has 6 nitrogen and oxygen atoms in total. The first-order valence-electron chi connectivity index (χ1n) is 9.77. The normalized spacial score (nSPS) is 15.4. The van der Waals surface area contributed by atoms with Crippen LogP contribution in [0.1, 0.15) is 19.8 Å². The van der Waals surface area contributed by atoms with E-state index in [1.807, 2.05) is 66.4 Å². The van der Waals surface area contributed by atoms with Gasteiger partial charge in [0.1, 0.15) is 5.75 Å². The molecule has 0 saturated carbocycles. The molecule has 0 aromatic heterocycles. The number of likely N-dealkylation sites (tertiary alicyclic amines) is 1. The summed E-state index contributed by atoms with van der Waals surface area (Å²) in [4.78, 5) is 27.9. The lowest BCUT2D eigenvalue weighted by Gasteiger charge is -2.33. The number of carbonyl (C=O) groups is 2. The van der Waals surface area contributed by atoms with Crippen molar-refractivity contribution in [3.05, 3.63) is 54.6 Å². The van der Waals surface area contributed by atoms with Crippen molar-refractivity contribution >= 4 is 29.4 Å². The van der Waals surface area contributed by atoms with Crippen molar-refractivity contribution in [2.45, 2.75) is 36.0 Å². The van der Waals surface area contributed by atoms with Crippen molar-refractivity contribution in [1.29, 1.82) is 0 Å². The van der Waals surface area contributed by atoms with Crippen LogP contribution in [0, 0.1) is 0 Å². The molecule has 7 heteroatoms. The van der Waals surface area contributed by atoms with Gasteiger partial charge in [-0.3, -0.25) is 4.79 Å². The third-order valence-electron chi connectivity index (χ3n) is 4.89. The zero-order chi connectivity index (χ0) is 20.6. The molecular weight excluding hydrogens is 386 g/mol. The Balaban J connectivity index is 1.43. The molecule has 1 heterocycles. The van der Waals surface area contributed by atoms with E-state index in [4.69, 9.17) is 4.74 Å². The highest BCUT2D eigenvalue weighted by atomic mass is 32.2. The first-order valence-corrected chi connectivity index (χ1v) is 10.6. The average molecular weight is 414 g/mol. The Bertz CT molecular complexity index is 806. The second kappa shape index (κ2) is 10.2. The second-order valence-corrected chi connectivity index (χ2v) is 8.41. The van der Waals surface area contributed by atoms with Crippen LogP contribution in [0.15, 0.2) is 59.5 Å². The number of benzene rings is 2. The number of amides is 3. The first kappa shape index (κ1) is 21.0. The van der Waals surface area contributed by atoms with Crippen LogP contribution in [-0.4, -0.2) is 48.3 Å². The molecule has 1 atom stereocenters. The zero-order valence-corrected chi connectivity index (χ0v) is 17.6. The fraction of sp³-hybridized carbons (Fsp3) is 0.364. The molecule has 0 aliphatic carbocycles. The first-order chi connectivity index (χ1) is 14.0. The fourth-order valence-corrected chi connectivity index (χ4v) is 4.24. The monoisotopic (exact) mass is 413 g/mol. The number of methoxy groups -OCH3 is 1. The van der Waals surface area contributed by atoms with Crippen LogP contribution in [-0.2, 0) is 4.79 Å². The number of para-hydroxylation sites is 1. The predicted molar refractivity (Wildman–Crippen MR) is 117 cm³/mol. The Labute approximate surface area is 176 Å². The lowest BCUT2D eigenvalue weighted by Crippen LogP contribution is -2.49. The molecule has 1 saturated heterocycles. The molecule has 1 unspecified atom stereocenters. The van der Waals surface area contributed by atoms with Gasteiger partial charge in [0.05, 0.1) is 12.4 Å². The summed E-state index contributed by atoms with van der Waals surface area (Å²) in [5, 5.41) is 5.68. The summed E-state index contributed by atoms with van der Waals surface area (Å²) >= 11 is 1.55. The van der Waals surface area contributed by atoms with E-state index in [-0.39, 0.29) is 23.2 Å². The summed E-state index contributed by atoms with van der Waals surface area (Å²) < 4.78 is 5.17. The molecule has 3 rings (SSSR count). The van der Waals surface area contributed by atoms with Gasteiger partial charge in [-0.15, -0.1) is 11.8 Å². The molecule has 1 aliphatic heterocycles. The highest BCUT2D eigenvalue weighted by Crippen LogP contribution is 2.27. The van der Waals surface area contributed by atoms with E-state index >= 15 is 0 Å².